The van der Waals surface area contributed by atoms with Crippen LogP contribution in [0.5, 0.6) is 0 Å². The predicted molar refractivity (Wildman–Crippen MR) is 81.6 cm³/mol. The highest BCUT2D eigenvalue weighted by atomic mass is 16.2. The maximum Gasteiger partial charge on any atom is 0.252 e. The molecular weight excluding hydrogens is 266 g/mol. The normalized spacial score (nSPS) is 12.3. The van der Waals surface area contributed by atoms with Gasteiger partial charge in [-0.25, -0.2) is 0 Å². The molecule has 0 saturated carbocycles. The number of hydrogen-bond donors (Lipinski definition) is 2. The monoisotopic (exact) mass is 285 g/mol. The van der Waals surface area contributed by atoms with E-state index in [2.05, 4.69) is 10.3 Å². The predicted octanol–water partition coefficient (Wildman–Crippen LogP) is 1.86. The summed E-state index contributed by atoms with van der Waals surface area (Å²) in [6.45, 7) is 3.95. The minimum Gasteiger partial charge on any atom is -0.368 e. The molecule has 2 amide bonds. The van der Waals surface area contributed by atoms with Crippen LogP contribution in [0.1, 0.15) is 30.6 Å². The van der Waals surface area contributed by atoms with E-state index in [4.69, 9.17) is 5.73 Å². The molecule has 2 aromatic rings. The maximum absolute atomic E-state index is 12.4. The van der Waals surface area contributed by atoms with E-state index in [1.54, 1.807) is 12.3 Å². The summed E-state index contributed by atoms with van der Waals surface area (Å²) in [5.41, 5.74) is 6.59. The van der Waals surface area contributed by atoms with Crippen molar-refractivity contribution in [2.75, 3.05) is 0 Å². The fourth-order valence-electron chi connectivity index (χ4n) is 2.25. The number of carbonyl (C=O) groups excluding carboxylic acids is 2. The quantitative estimate of drug-likeness (QED) is 0.879. The van der Waals surface area contributed by atoms with E-state index in [1.165, 1.54) is 0 Å². The van der Waals surface area contributed by atoms with Gasteiger partial charge in [0, 0.05) is 11.6 Å². The zero-order valence-electron chi connectivity index (χ0n) is 12.2. The number of para-hydroxylation sites is 1. The van der Waals surface area contributed by atoms with Crippen LogP contribution >= 0.6 is 0 Å². The van der Waals surface area contributed by atoms with Crippen molar-refractivity contribution in [3.63, 3.8) is 0 Å². The van der Waals surface area contributed by atoms with Crippen molar-refractivity contribution in [3.05, 3.63) is 42.1 Å². The van der Waals surface area contributed by atoms with E-state index in [-0.39, 0.29) is 11.8 Å². The van der Waals surface area contributed by atoms with E-state index in [9.17, 15) is 9.59 Å². The van der Waals surface area contributed by atoms with Gasteiger partial charge in [0.2, 0.25) is 5.91 Å². The van der Waals surface area contributed by atoms with Crippen LogP contribution in [-0.4, -0.2) is 22.8 Å². The number of hydrogen-bond acceptors (Lipinski definition) is 3. The Kier molecular flexibility index (Phi) is 4.52. The molecule has 0 saturated heterocycles. The van der Waals surface area contributed by atoms with E-state index in [0.29, 0.717) is 12.0 Å². The van der Waals surface area contributed by atoms with Gasteiger partial charge in [-0.15, -0.1) is 0 Å². The first-order chi connectivity index (χ1) is 9.99. The molecule has 1 heterocycles. The molecule has 1 aromatic heterocycles. The molecule has 21 heavy (non-hydrogen) atoms. The average Bonchev–Trinajstić information content (AvgIpc) is 2.45. The number of nitrogens with two attached hydrogens (primary N) is 1. The first kappa shape index (κ1) is 15.0. The largest absolute Gasteiger partial charge is 0.368 e. The fourth-order valence-corrected chi connectivity index (χ4v) is 2.25. The summed E-state index contributed by atoms with van der Waals surface area (Å²) in [6, 6.07) is 8.36. The number of aromatic nitrogens is 1. The molecule has 2 rings (SSSR count). The van der Waals surface area contributed by atoms with Gasteiger partial charge in [-0.3, -0.25) is 14.6 Å². The molecule has 0 spiro atoms. The van der Waals surface area contributed by atoms with Crippen molar-refractivity contribution in [1.82, 2.24) is 10.3 Å². The van der Waals surface area contributed by atoms with Gasteiger partial charge < -0.3 is 11.1 Å². The Balaban J connectivity index is 2.27. The lowest BCUT2D eigenvalue weighted by molar-refractivity contribution is -0.120. The second-order valence-corrected chi connectivity index (χ2v) is 5.43. The lowest BCUT2D eigenvalue weighted by Crippen LogP contribution is -2.45. The van der Waals surface area contributed by atoms with E-state index in [0.717, 1.165) is 10.9 Å². The molecule has 110 valence electrons. The summed E-state index contributed by atoms with van der Waals surface area (Å²) < 4.78 is 0. The number of rotatable bonds is 5. The van der Waals surface area contributed by atoms with Crippen LogP contribution in [0.2, 0.25) is 0 Å². The Morgan fingerprint density at radius 3 is 2.62 bits per heavy atom. The molecule has 5 heteroatoms. The lowest BCUT2D eigenvalue weighted by Gasteiger charge is -2.17. The molecule has 0 aliphatic carbocycles. The molecule has 0 aliphatic rings. The highest BCUT2D eigenvalue weighted by Crippen LogP contribution is 2.16. The number of amides is 2. The van der Waals surface area contributed by atoms with Crippen molar-refractivity contribution in [2.45, 2.75) is 26.3 Å². The van der Waals surface area contributed by atoms with Gasteiger partial charge in [0.25, 0.3) is 5.91 Å². The summed E-state index contributed by atoms with van der Waals surface area (Å²) in [6.07, 6.45) is 2.10. The van der Waals surface area contributed by atoms with Crippen LogP contribution in [-0.2, 0) is 4.79 Å². The maximum atomic E-state index is 12.4. The van der Waals surface area contributed by atoms with Gasteiger partial charge in [0.1, 0.15) is 6.04 Å². The van der Waals surface area contributed by atoms with E-state index < -0.39 is 11.9 Å². The number of fused-ring (bicyclic) bond motifs is 1. The minimum absolute atomic E-state index is 0.261. The van der Waals surface area contributed by atoms with Gasteiger partial charge in [0.15, 0.2) is 0 Å². The van der Waals surface area contributed by atoms with E-state index in [1.807, 2.05) is 38.1 Å². The summed E-state index contributed by atoms with van der Waals surface area (Å²) >= 11 is 0. The van der Waals surface area contributed by atoms with Crippen molar-refractivity contribution >= 4 is 22.7 Å². The Morgan fingerprint density at radius 2 is 1.95 bits per heavy atom. The molecule has 0 radical (unpaired) electrons. The molecule has 0 bridgehead atoms. The molecule has 0 aliphatic heterocycles. The number of carbonyl (C=O) groups is 2. The molecule has 3 N–H and O–H groups in total. The van der Waals surface area contributed by atoms with Crippen molar-refractivity contribution < 1.29 is 9.59 Å². The van der Waals surface area contributed by atoms with Gasteiger partial charge in [-0.05, 0) is 24.5 Å². The topological polar surface area (TPSA) is 85.1 Å². The third-order valence-electron chi connectivity index (χ3n) is 3.25. The second kappa shape index (κ2) is 6.35. The minimum atomic E-state index is -0.663. The Morgan fingerprint density at radius 1 is 1.24 bits per heavy atom. The summed E-state index contributed by atoms with van der Waals surface area (Å²) in [5, 5.41) is 3.47. The van der Waals surface area contributed by atoms with Gasteiger partial charge >= 0.3 is 0 Å². The lowest BCUT2D eigenvalue weighted by atomic mass is 10.0. The third kappa shape index (κ3) is 3.56. The Bertz CT molecular complexity index is 662. The first-order valence-electron chi connectivity index (χ1n) is 6.93. The van der Waals surface area contributed by atoms with Crippen molar-refractivity contribution in [1.29, 1.82) is 0 Å². The number of nitrogens with one attached hydrogen (secondary N) is 1. The van der Waals surface area contributed by atoms with Crippen LogP contribution in [0.4, 0.5) is 0 Å². The molecule has 1 atom stereocenters. The van der Waals surface area contributed by atoms with Crippen molar-refractivity contribution in [2.24, 2.45) is 11.7 Å². The van der Waals surface area contributed by atoms with Crippen LogP contribution in [0, 0.1) is 5.92 Å². The Labute approximate surface area is 123 Å². The average molecular weight is 285 g/mol. The van der Waals surface area contributed by atoms with Gasteiger partial charge in [-0.1, -0.05) is 32.0 Å². The molecular formula is C16H19N3O2. The molecule has 5 nitrogen and oxygen atoms in total. The second-order valence-electron chi connectivity index (χ2n) is 5.43. The fraction of sp³-hybridized carbons (Fsp3) is 0.312. The van der Waals surface area contributed by atoms with Crippen LogP contribution in [0.3, 0.4) is 0 Å². The van der Waals surface area contributed by atoms with Crippen LogP contribution in [0.25, 0.3) is 10.9 Å². The molecule has 0 unspecified atom stereocenters. The standard InChI is InChI=1S/C16H19N3O2/c1-10(2)9-14(15(17)20)19-16(21)12-7-8-18-13-6-4-3-5-11(12)13/h3-8,10,14H,9H2,1-2H3,(H2,17,20)(H,19,21)/t14-/m0/s1. The summed E-state index contributed by atoms with van der Waals surface area (Å²) in [4.78, 5) is 28.1. The first-order valence-corrected chi connectivity index (χ1v) is 6.93. The van der Waals surface area contributed by atoms with Crippen LogP contribution in [0.15, 0.2) is 36.5 Å². The highest BCUT2D eigenvalue weighted by Gasteiger charge is 2.21. The third-order valence-corrected chi connectivity index (χ3v) is 3.25. The summed E-state index contributed by atoms with van der Waals surface area (Å²) in [7, 11) is 0. The highest BCUT2D eigenvalue weighted by molar-refractivity contribution is 6.07. The summed E-state index contributed by atoms with van der Waals surface area (Å²) in [5.74, 6) is -0.564. The smallest absolute Gasteiger partial charge is 0.252 e. The zero-order valence-corrected chi connectivity index (χ0v) is 12.2. The number of pyridine rings is 1. The number of primary amides is 1. The Hall–Kier alpha value is -2.43. The van der Waals surface area contributed by atoms with Crippen LogP contribution < -0.4 is 11.1 Å². The van der Waals surface area contributed by atoms with Crippen molar-refractivity contribution in [3.8, 4) is 0 Å². The molecule has 1 aromatic carbocycles. The van der Waals surface area contributed by atoms with Gasteiger partial charge in [-0.2, -0.15) is 0 Å². The van der Waals surface area contributed by atoms with E-state index >= 15 is 0 Å². The van der Waals surface area contributed by atoms with Gasteiger partial charge in [0.05, 0.1) is 11.1 Å². The number of nitrogens with zero attached hydrogens (tertiary/aromatic N) is 1. The zero-order chi connectivity index (χ0) is 15.4. The molecule has 0 fully saturated rings. The number of benzene rings is 1. The SMILES string of the molecule is CC(C)C[C@H](NC(=O)c1ccnc2ccccc12)C(N)=O.